The molecule has 0 N–H and O–H groups in total. The Morgan fingerprint density at radius 2 is 1.03 bits per heavy atom. The Morgan fingerprint density at radius 3 is 1.94 bits per heavy atom. The molecule has 1 heterocycles. The van der Waals surface area contributed by atoms with Crippen molar-refractivity contribution in [3.8, 4) is 11.1 Å². The number of nitrogens with zero attached hydrogens (tertiary/aromatic N) is 1. The molecule has 0 fully saturated rings. The molecule has 0 saturated carbocycles. The van der Waals surface area contributed by atoms with E-state index in [1.54, 1.807) is 0 Å². The first-order valence-electron chi connectivity index (χ1n) is 12.2. The lowest BCUT2D eigenvalue weighted by Crippen LogP contribution is -2.11. The summed E-state index contributed by atoms with van der Waals surface area (Å²) in [6.45, 7) is 0. The summed E-state index contributed by atoms with van der Waals surface area (Å²) in [5.74, 6) is 0. The van der Waals surface area contributed by atoms with Crippen molar-refractivity contribution in [3.63, 3.8) is 0 Å². The fourth-order valence-corrected chi connectivity index (χ4v) is 6.47. The molecule has 6 aromatic carbocycles. The number of thiophene rings is 1. The Kier molecular flexibility index (Phi) is 5.04. The van der Waals surface area contributed by atoms with Gasteiger partial charge in [-0.3, -0.25) is 0 Å². The summed E-state index contributed by atoms with van der Waals surface area (Å²) >= 11 is 1.88. The van der Waals surface area contributed by atoms with Crippen molar-refractivity contribution in [2.45, 2.75) is 0 Å². The van der Waals surface area contributed by atoms with E-state index in [9.17, 15) is 0 Å². The van der Waals surface area contributed by atoms with Crippen molar-refractivity contribution in [2.24, 2.45) is 0 Å². The number of para-hydroxylation sites is 2. The topological polar surface area (TPSA) is 3.24 Å². The first kappa shape index (κ1) is 20.9. The predicted octanol–water partition coefficient (Wildman–Crippen LogP) is 10.3. The molecule has 0 aliphatic carbocycles. The summed E-state index contributed by atoms with van der Waals surface area (Å²) in [4.78, 5) is 2.41. The Hall–Kier alpha value is -4.40. The van der Waals surface area contributed by atoms with Crippen LogP contribution in [-0.2, 0) is 0 Å². The molecule has 0 amide bonds. The molecule has 0 saturated heterocycles. The standard InChI is InChI=1S/C34H23NS/c1-2-14-25(15-3-1)35(31-22-10-13-24-12-4-5-16-26(24)31)32-21-8-6-17-27(32)29-19-11-20-30-28-18-7-9-23-33(28)36-34(29)30/h1-23H. The number of rotatable bonds is 4. The zero-order chi connectivity index (χ0) is 23.9. The van der Waals surface area contributed by atoms with Crippen LogP contribution in [0, 0.1) is 0 Å². The highest BCUT2D eigenvalue weighted by atomic mass is 32.1. The number of benzene rings is 6. The second kappa shape index (κ2) is 8.67. The Labute approximate surface area is 214 Å². The first-order chi connectivity index (χ1) is 17.9. The third-order valence-electron chi connectivity index (χ3n) is 6.86. The average molecular weight is 478 g/mol. The van der Waals surface area contributed by atoms with E-state index in [1.165, 1.54) is 53.4 Å². The molecule has 0 spiro atoms. The summed E-state index contributed by atoms with van der Waals surface area (Å²) < 4.78 is 2.66. The molecule has 0 bridgehead atoms. The van der Waals surface area contributed by atoms with Gasteiger partial charge in [0.25, 0.3) is 0 Å². The van der Waals surface area contributed by atoms with Crippen LogP contribution in [0.2, 0.25) is 0 Å². The fourth-order valence-electron chi connectivity index (χ4n) is 5.24. The van der Waals surface area contributed by atoms with E-state index < -0.39 is 0 Å². The molecule has 0 atom stereocenters. The zero-order valence-corrected chi connectivity index (χ0v) is 20.5. The Balaban J connectivity index is 1.53. The number of anilines is 3. The minimum Gasteiger partial charge on any atom is -0.309 e. The maximum atomic E-state index is 2.41. The van der Waals surface area contributed by atoms with Crippen LogP contribution in [0.3, 0.4) is 0 Å². The van der Waals surface area contributed by atoms with Gasteiger partial charge in [-0.15, -0.1) is 11.3 Å². The normalized spacial score (nSPS) is 11.3. The molecule has 0 unspecified atom stereocenters. The summed E-state index contributed by atoms with van der Waals surface area (Å²) in [5.41, 5.74) is 5.99. The second-order valence-corrected chi connectivity index (χ2v) is 10.0. The number of fused-ring (bicyclic) bond motifs is 4. The van der Waals surface area contributed by atoms with Crippen molar-refractivity contribution in [1.29, 1.82) is 0 Å². The van der Waals surface area contributed by atoms with Gasteiger partial charge in [0.1, 0.15) is 0 Å². The molecule has 1 aromatic heterocycles. The highest BCUT2D eigenvalue weighted by Crippen LogP contribution is 2.46. The molecule has 36 heavy (non-hydrogen) atoms. The van der Waals surface area contributed by atoms with Crippen LogP contribution in [0.15, 0.2) is 140 Å². The summed E-state index contributed by atoms with van der Waals surface area (Å²) in [6.07, 6.45) is 0. The maximum absolute atomic E-state index is 2.41. The quantitative estimate of drug-likeness (QED) is 0.244. The molecule has 2 heteroatoms. The molecule has 1 nitrogen and oxygen atoms in total. The van der Waals surface area contributed by atoms with Crippen LogP contribution in [0.5, 0.6) is 0 Å². The molecular weight excluding hydrogens is 454 g/mol. The summed E-state index contributed by atoms with van der Waals surface area (Å²) in [6, 6.07) is 50.1. The van der Waals surface area contributed by atoms with Gasteiger partial charge in [-0.05, 0) is 35.7 Å². The van der Waals surface area contributed by atoms with E-state index in [4.69, 9.17) is 0 Å². The van der Waals surface area contributed by atoms with Crippen LogP contribution >= 0.6 is 11.3 Å². The molecule has 7 rings (SSSR count). The molecule has 7 aromatic rings. The first-order valence-corrected chi connectivity index (χ1v) is 13.0. The highest BCUT2D eigenvalue weighted by Gasteiger charge is 2.20. The van der Waals surface area contributed by atoms with E-state index in [1.807, 2.05) is 11.3 Å². The zero-order valence-electron chi connectivity index (χ0n) is 19.6. The van der Waals surface area contributed by atoms with E-state index >= 15 is 0 Å². The average Bonchev–Trinajstić information content (AvgIpc) is 3.33. The van der Waals surface area contributed by atoms with Gasteiger partial charge in [-0.1, -0.05) is 109 Å². The lowest BCUT2D eigenvalue weighted by molar-refractivity contribution is 1.30. The van der Waals surface area contributed by atoms with Gasteiger partial charge in [-0.2, -0.15) is 0 Å². The van der Waals surface area contributed by atoms with E-state index in [-0.39, 0.29) is 0 Å². The van der Waals surface area contributed by atoms with Crippen LogP contribution in [0.25, 0.3) is 42.1 Å². The van der Waals surface area contributed by atoms with Crippen molar-refractivity contribution in [2.75, 3.05) is 4.90 Å². The molecule has 0 radical (unpaired) electrons. The third-order valence-corrected chi connectivity index (χ3v) is 8.08. The molecule has 0 aliphatic rings. The van der Waals surface area contributed by atoms with E-state index in [2.05, 4.69) is 144 Å². The van der Waals surface area contributed by atoms with Gasteiger partial charge in [0.2, 0.25) is 0 Å². The monoisotopic (exact) mass is 477 g/mol. The van der Waals surface area contributed by atoms with Crippen molar-refractivity contribution < 1.29 is 0 Å². The summed E-state index contributed by atoms with van der Waals surface area (Å²) in [5, 5.41) is 5.11. The predicted molar refractivity (Wildman–Crippen MR) is 157 cm³/mol. The van der Waals surface area contributed by atoms with Crippen molar-refractivity contribution in [1.82, 2.24) is 0 Å². The lowest BCUT2D eigenvalue weighted by Gasteiger charge is -2.29. The minimum absolute atomic E-state index is 1.14. The van der Waals surface area contributed by atoms with Gasteiger partial charge in [0.05, 0.1) is 11.4 Å². The van der Waals surface area contributed by atoms with Crippen LogP contribution in [-0.4, -0.2) is 0 Å². The fraction of sp³-hybridized carbons (Fsp3) is 0. The minimum atomic E-state index is 1.14. The van der Waals surface area contributed by atoms with Crippen LogP contribution in [0.1, 0.15) is 0 Å². The summed E-state index contributed by atoms with van der Waals surface area (Å²) in [7, 11) is 0. The smallest absolute Gasteiger partial charge is 0.0540 e. The van der Waals surface area contributed by atoms with E-state index in [0.717, 1.165) is 5.69 Å². The molecule has 170 valence electrons. The van der Waals surface area contributed by atoms with Gasteiger partial charge in [-0.25, -0.2) is 0 Å². The second-order valence-electron chi connectivity index (χ2n) is 8.97. The largest absolute Gasteiger partial charge is 0.309 e. The number of hydrogen-bond donors (Lipinski definition) is 0. The highest BCUT2D eigenvalue weighted by molar-refractivity contribution is 7.26. The van der Waals surface area contributed by atoms with Gasteiger partial charge < -0.3 is 4.90 Å². The van der Waals surface area contributed by atoms with E-state index in [0.29, 0.717) is 0 Å². The SMILES string of the molecule is c1ccc(N(c2ccccc2-c2cccc3c2sc2ccccc23)c2cccc3ccccc23)cc1. The van der Waals surface area contributed by atoms with Crippen LogP contribution in [0.4, 0.5) is 17.1 Å². The van der Waals surface area contributed by atoms with Crippen LogP contribution < -0.4 is 4.90 Å². The maximum Gasteiger partial charge on any atom is 0.0540 e. The Bertz CT molecular complexity index is 1840. The van der Waals surface area contributed by atoms with Gasteiger partial charge in [0, 0.05) is 42.4 Å². The van der Waals surface area contributed by atoms with Crippen molar-refractivity contribution >= 4 is 59.3 Å². The molecule has 0 aliphatic heterocycles. The van der Waals surface area contributed by atoms with Gasteiger partial charge >= 0.3 is 0 Å². The van der Waals surface area contributed by atoms with Gasteiger partial charge in [0.15, 0.2) is 0 Å². The lowest BCUT2D eigenvalue weighted by atomic mass is 9.99. The van der Waals surface area contributed by atoms with Crippen molar-refractivity contribution in [3.05, 3.63) is 140 Å². The Morgan fingerprint density at radius 1 is 0.417 bits per heavy atom. The molecular formula is C34H23NS. The number of hydrogen-bond acceptors (Lipinski definition) is 2. The third kappa shape index (κ3) is 3.38.